The maximum absolute atomic E-state index is 13.8. The number of rotatable bonds is 3. The summed E-state index contributed by atoms with van der Waals surface area (Å²) >= 11 is 0. The molecule has 2 aliphatic rings. The van der Waals surface area contributed by atoms with Gasteiger partial charge in [-0.25, -0.2) is 21.6 Å². The van der Waals surface area contributed by atoms with Crippen molar-refractivity contribution in [1.82, 2.24) is 9.62 Å². The molecule has 1 aromatic rings. The first-order chi connectivity index (χ1) is 10.9. The van der Waals surface area contributed by atoms with Crippen LogP contribution in [-0.2, 0) is 10.0 Å². The average molecular weight is 348 g/mol. The molecular weight excluding hydrogens is 329 g/mol. The summed E-state index contributed by atoms with van der Waals surface area (Å²) in [4.78, 5) is -0.797. The summed E-state index contributed by atoms with van der Waals surface area (Å²) in [6.07, 6.45) is 3.59. The maximum Gasteiger partial charge on any atom is 0.246 e. The minimum absolute atomic E-state index is 0.267. The third-order valence-electron chi connectivity index (χ3n) is 4.78. The van der Waals surface area contributed by atoms with Crippen molar-refractivity contribution in [3.63, 3.8) is 0 Å². The van der Waals surface area contributed by atoms with Gasteiger partial charge in [-0.1, -0.05) is 0 Å². The van der Waals surface area contributed by atoms with Gasteiger partial charge in [-0.3, -0.25) is 0 Å². The molecule has 128 valence electrons. The number of sulfonamides is 1. The largest absolute Gasteiger partial charge is 0.314 e. The van der Waals surface area contributed by atoms with Crippen molar-refractivity contribution in [1.29, 1.82) is 0 Å². The molecular formula is C15H19F3N2O2S. The van der Waals surface area contributed by atoms with Crippen LogP contribution in [-0.4, -0.2) is 38.4 Å². The molecule has 1 unspecified atom stereocenters. The number of benzene rings is 1. The summed E-state index contributed by atoms with van der Waals surface area (Å²) < 4.78 is 66.2. The second kappa shape index (κ2) is 6.41. The highest BCUT2D eigenvalue weighted by atomic mass is 32.2. The Bertz CT molecular complexity index is 682. The molecule has 3 rings (SSSR count). The Balaban J connectivity index is 1.75. The van der Waals surface area contributed by atoms with Gasteiger partial charge in [0.15, 0.2) is 17.5 Å². The van der Waals surface area contributed by atoms with E-state index in [0.717, 1.165) is 29.8 Å². The van der Waals surface area contributed by atoms with Crippen LogP contribution in [0.1, 0.15) is 25.7 Å². The van der Waals surface area contributed by atoms with Crippen molar-refractivity contribution in [3.8, 4) is 0 Å². The molecule has 0 bridgehead atoms. The summed E-state index contributed by atoms with van der Waals surface area (Å²) in [5.74, 6) is -4.40. The fourth-order valence-electron chi connectivity index (χ4n) is 3.48. The lowest BCUT2D eigenvalue weighted by molar-refractivity contribution is 0.233. The fraction of sp³-hybridized carbons (Fsp3) is 0.600. The highest BCUT2D eigenvalue weighted by molar-refractivity contribution is 7.89. The molecule has 2 aliphatic heterocycles. The molecule has 4 nitrogen and oxygen atoms in total. The van der Waals surface area contributed by atoms with Crippen molar-refractivity contribution in [2.45, 2.75) is 36.6 Å². The Morgan fingerprint density at radius 2 is 1.74 bits per heavy atom. The van der Waals surface area contributed by atoms with Crippen molar-refractivity contribution < 1.29 is 21.6 Å². The van der Waals surface area contributed by atoms with E-state index in [-0.39, 0.29) is 13.1 Å². The van der Waals surface area contributed by atoms with Gasteiger partial charge in [-0.15, -0.1) is 0 Å². The number of hydrogen-bond acceptors (Lipinski definition) is 3. The van der Waals surface area contributed by atoms with E-state index in [1.54, 1.807) is 0 Å². The third-order valence-corrected chi connectivity index (χ3v) is 6.70. The Hall–Kier alpha value is -1.12. The minimum Gasteiger partial charge on any atom is -0.314 e. The molecule has 1 aromatic carbocycles. The lowest BCUT2D eigenvalue weighted by Crippen LogP contribution is -2.43. The molecule has 0 saturated carbocycles. The van der Waals surface area contributed by atoms with E-state index < -0.39 is 32.4 Å². The first-order valence-corrected chi connectivity index (χ1v) is 9.22. The van der Waals surface area contributed by atoms with Crippen LogP contribution in [0.2, 0.25) is 0 Å². The normalized spacial score (nSPS) is 24.2. The van der Waals surface area contributed by atoms with Crippen LogP contribution in [0.4, 0.5) is 13.2 Å². The first kappa shape index (κ1) is 16.7. The maximum atomic E-state index is 13.8. The summed E-state index contributed by atoms with van der Waals surface area (Å²) in [6.45, 7) is 1.52. The number of nitrogens with zero attached hydrogens (tertiary/aromatic N) is 1. The van der Waals surface area contributed by atoms with Crippen LogP contribution in [0, 0.1) is 23.4 Å². The predicted molar refractivity (Wildman–Crippen MR) is 78.8 cm³/mol. The number of halogens is 3. The zero-order valence-electron chi connectivity index (χ0n) is 12.6. The SMILES string of the molecule is O=S(=O)(c1ccc(F)c(F)c1F)N1CCC(C2CCCN2)CC1. The molecule has 0 amide bonds. The quantitative estimate of drug-likeness (QED) is 0.853. The summed E-state index contributed by atoms with van der Waals surface area (Å²) in [5, 5.41) is 3.42. The van der Waals surface area contributed by atoms with Crippen molar-refractivity contribution in [2.75, 3.05) is 19.6 Å². The van der Waals surface area contributed by atoms with E-state index in [1.807, 2.05) is 0 Å². The number of piperidine rings is 1. The Morgan fingerprint density at radius 3 is 2.35 bits per heavy atom. The predicted octanol–water partition coefficient (Wildman–Crippen LogP) is 2.26. The van der Waals surface area contributed by atoms with Crippen molar-refractivity contribution in [3.05, 3.63) is 29.6 Å². The Morgan fingerprint density at radius 1 is 1.04 bits per heavy atom. The molecule has 0 aliphatic carbocycles. The van der Waals surface area contributed by atoms with Crippen molar-refractivity contribution >= 4 is 10.0 Å². The first-order valence-electron chi connectivity index (χ1n) is 7.78. The molecule has 1 atom stereocenters. The molecule has 0 spiro atoms. The zero-order chi connectivity index (χ0) is 16.6. The lowest BCUT2D eigenvalue weighted by atomic mass is 9.89. The summed E-state index contributed by atoms with van der Waals surface area (Å²) in [5.41, 5.74) is 0. The topological polar surface area (TPSA) is 49.4 Å². The van der Waals surface area contributed by atoms with Gasteiger partial charge in [0.1, 0.15) is 4.90 Å². The van der Waals surface area contributed by atoms with E-state index in [2.05, 4.69) is 5.32 Å². The minimum atomic E-state index is -4.15. The Labute approximate surface area is 133 Å². The smallest absolute Gasteiger partial charge is 0.246 e. The standard InChI is InChI=1S/C15H19F3N2O2S/c16-11-3-4-13(15(18)14(11)17)23(21,22)20-8-5-10(6-9-20)12-2-1-7-19-12/h3-4,10,12,19H,1-2,5-9H2. The fourth-order valence-corrected chi connectivity index (χ4v) is 5.00. The van der Waals surface area contributed by atoms with E-state index in [0.29, 0.717) is 30.9 Å². The Kier molecular flexibility index (Phi) is 4.66. The lowest BCUT2D eigenvalue weighted by Gasteiger charge is -2.34. The van der Waals surface area contributed by atoms with E-state index in [1.165, 1.54) is 0 Å². The van der Waals surface area contributed by atoms with E-state index in [9.17, 15) is 21.6 Å². The number of hydrogen-bond donors (Lipinski definition) is 1. The third kappa shape index (κ3) is 3.12. The van der Waals surface area contributed by atoms with Crippen LogP contribution < -0.4 is 5.32 Å². The molecule has 2 saturated heterocycles. The molecule has 0 aromatic heterocycles. The summed E-state index contributed by atoms with van der Waals surface area (Å²) in [7, 11) is -4.15. The molecule has 1 N–H and O–H groups in total. The number of nitrogens with one attached hydrogen (secondary N) is 1. The van der Waals surface area contributed by atoms with Gasteiger partial charge in [0.05, 0.1) is 0 Å². The monoisotopic (exact) mass is 348 g/mol. The van der Waals surface area contributed by atoms with Crippen LogP contribution in [0.3, 0.4) is 0 Å². The van der Waals surface area contributed by atoms with Crippen LogP contribution in [0.15, 0.2) is 17.0 Å². The molecule has 8 heteroatoms. The van der Waals surface area contributed by atoms with E-state index >= 15 is 0 Å². The van der Waals surface area contributed by atoms with Gasteiger partial charge < -0.3 is 5.32 Å². The second-order valence-corrected chi connectivity index (χ2v) is 8.02. The zero-order valence-corrected chi connectivity index (χ0v) is 13.4. The molecule has 2 heterocycles. The molecule has 2 fully saturated rings. The van der Waals surface area contributed by atoms with Gasteiger partial charge in [-0.2, -0.15) is 4.31 Å². The van der Waals surface area contributed by atoms with Gasteiger partial charge in [0.25, 0.3) is 0 Å². The van der Waals surface area contributed by atoms with Gasteiger partial charge in [0.2, 0.25) is 10.0 Å². The molecule has 0 radical (unpaired) electrons. The van der Waals surface area contributed by atoms with Crippen molar-refractivity contribution in [2.24, 2.45) is 5.92 Å². The van der Waals surface area contributed by atoms with Gasteiger partial charge in [0, 0.05) is 19.1 Å². The average Bonchev–Trinajstić information content (AvgIpc) is 3.07. The van der Waals surface area contributed by atoms with Crippen LogP contribution in [0.5, 0.6) is 0 Å². The highest BCUT2D eigenvalue weighted by Gasteiger charge is 2.35. The second-order valence-electron chi connectivity index (χ2n) is 6.12. The van der Waals surface area contributed by atoms with Gasteiger partial charge >= 0.3 is 0 Å². The van der Waals surface area contributed by atoms with Crippen LogP contribution in [0.25, 0.3) is 0 Å². The van der Waals surface area contributed by atoms with Crippen LogP contribution >= 0.6 is 0 Å². The van der Waals surface area contributed by atoms with E-state index in [4.69, 9.17) is 0 Å². The molecule has 23 heavy (non-hydrogen) atoms. The summed E-state index contributed by atoms with van der Waals surface area (Å²) in [6, 6.07) is 1.84. The van der Waals surface area contributed by atoms with Gasteiger partial charge in [-0.05, 0) is 50.3 Å². The highest BCUT2D eigenvalue weighted by Crippen LogP contribution is 2.30.